The van der Waals surface area contributed by atoms with E-state index in [0.29, 0.717) is 6.10 Å². The Morgan fingerprint density at radius 2 is 2.31 bits per heavy atom. The van der Waals surface area contributed by atoms with Gasteiger partial charge in [-0.05, 0) is 25.0 Å². The lowest BCUT2D eigenvalue weighted by Gasteiger charge is -2.21. The second kappa shape index (κ2) is 4.54. The first-order valence-electron chi connectivity index (χ1n) is 5.53. The van der Waals surface area contributed by atoms with Crippen molar-refractivity contribution in [1.29, 1.82) is 5.26 Å². The number of aryl methyl sites for hydroxylation is 1. The van der Waals surface area contributed by atoms with Crippen LogP contribution < -0.4 is 4.90 Å². The highest BCUT2D eigenvalue weighted by molar-refractivity contribution is 5.64. The molecule has 0 saturated carbocycles. The number of rotatable bonds is 2. The lowest BCUT2D eigenvalue weighted by atomic mass is 10.1. The van der Waals surface area contributed by atoms with Gasteiger partial charge in [0, 0.05) is 20.2 Å². The standard InChI is InChI=1S/C13H16N2O/c1-10-4-3-5-11(8-14)13(10)15-7-6-12(9-15)16-2/h3-5,12H,6-7,9H2,1-2H3. The van der Waals surface area contributed by atoms with Crippen LogP contribution in [0.25, 0.3) is 0 Å². The number of methoxy groups -OCH3 is 1. The summed E-state index contributed by atoms with van der Waals surface area (Å²) in [7, 11) is 1.75. The number of benzene rings is 1. The van der Waals surface area contributed by atoms with Crippen LogP contribution in [0.15, 0.2) is 18.2 Å². The molecule has 84 valence electrons. The van der Waals surface area contributed by atoms with Crippen molar-refractivity contribution >= 4 is 5.69 Å². The van der Waals surface area contributed by atoms with Gasteiger partial charge in [-0.3, -0.25) is 0 Å². The van der Waals surface area contributed by atoms with Crippen molar-refractivity contribution in [2.45, 2.75) is 19.4 Å². The number of anilines is 1. The molecular weight excluding hydrogens is 200 g/mol. The van der Waals surface area contributed by atoms with Gasteiger partial charge in [-0.15, -0.1) is 0 Å². The highest BCUT2D eigenvalue weighted by atomic mass is 16.5. The zero-order chi connectivity index (χ0) is 11.5. The molecule has 1 aromatic rings. The molecule has 0 aliphatic carbocycles. The van der Waals surface area contributed by atoms with Crippen LogP contribution in [-0.2, 0) is 4.74 Å². The molecule has 0 spiro atoms. The van der Waals surface area contributed by atoms with Crippen molar-refractivity contribution in [2.24, 2.45) is 0 Å². The minimum Gasteiger partial charge on any atom is -0.380 e. The van der Waals surface area contributed by atoms with Gasteiger partial charge in [0.2, 0.25) is 0 Å². The van der Waals surface area contributed by atoms with Crippen LogP contribution in [0.2, 0.25) is 0 Å². The van der Waals surface area contributed by atoms with E-state index in [1.54, 1.807) is 7.11 Å². The van der Waals surface area contributed by atoms with Gasteiger partial charge in [0.15, 0.2) is 0 Å². The number of hydrogen-bond donors (Lipinski definition) is 0. The van der Waals surface area contributed by atoms with E-state index >= 15 is 0 Å². The summed E-state index contributed by atoms with van der Waals surface area (Å²) < 4.78 is 5.35. The molecule has 0 aromatic heterocycles. The van der Waals surface area contributed by atoms with Gasteiger partial charge in [0.1, 0.15) is 6.07 Å². The fourth-order valence-corrected chi connectivity index (χ4v) is 2.29. The largest absolute Gasteiger partial charge is 0.380 e. The Morgan fingerprint density at radius 3 is 2.94 bits per heavy atom. The highest BCUT2D eigenvalue weighted by Crippen LogP contribution is 2.28. The third-order valence-corrected chi connectivity index (χ3v) is 3.15. The molecular formula is C13H16N2O. The van der Waals surface area contributed by atoms with Crippen LogP contribution in [0.5, 0.6) is 0 Å². The smallest absolute Gasteiger partial charge is 0.101 e. The Morgan fingerprint density at radius 1 is 1.50 bits per heavy atom. The summed E-state index contributed by atoms with van der Waals surface area (Å²) in [5, 5.41) is 9.12. The number of nitriles is 1. The summed E-state index contributed by atoms with van der Waals surface area (Å²) in [6, 6.07) is 8.12. The van der Waals surface area contributed by atoms with Gasteiger partial charge in [-0.2, -0.15) is 5.26 Å². The van der Waals surface area contributed by atoms with E-state index in [2.05, 4.69) is 24.0 Å². The molecule has 3 nitrogen and oxygen atoms in total. The lowest BCUT2D eigenvalue weighted by Crippen LogP contribution is -2.23. The molecule has 2 rings (SSSR count). The number of nitrogens with zero attached hydrogens (tertiary/aromatic N) is 2. The molecule has 1 heterocycles. The molecule has 0 N–H and O–H groups in total. The Balaban J connectivity index is 2.31. The first kappa shape index (κ1) is 11.0. The molecule has 1 aliphatic rings. The van der Waals surface area contributed by atoms with E-state index in [1.807, 2.05) is 12.1 Å². The van der Waals surface area contributed by atoms with Crippen molar-refractivity contribution < 1.29 is 4.74 Å². The van der Waals surface area contributed by atoms with Crippen molar-refractivity contribution in [3.8, 4) is 6.07 Å². The predicted molar refractivity (Wildman–Crippen MR) is 63.5 cm³/mol. The molecule has 16 heavy (non-hydrogen) atoms. The normalized spacial score (nSPS) is 19.8. The van der Waals surface area contributed by atoms with E-state index in [-0.39, 0.29) is 0 Å². The minimum absolute atomic E-state index is 0.297. The summed E-state index contributed by atoms with van der Waals surface area (Å²) >= 11 is 0. The topological polar surface area (TPSA) is 36.3 Å². The number of ether oxygens (including phenoxy) is 1. The first-order chi connectivity index (χ1) is 7.76. The molecule has 3 heteroatoms. The molecule has 0 bridgehead atoms. The quantitative estimate of drug-likeness (QED) is 0.759. The predicted octanol–water partition coefficient (Wildman–Crippen LogP) is 2.09. The second-order valence-corrected chi connectivity index (χ2v) is 4.18. The van der Waals surface area contributed by atoms with Crippen molar-refractivity contribution in [2.75, 3.05) is 25.1 Å². The van der Waals surface area contributed by atoms with E-state index in [0.717, 1.165) is 36.3 Å². The van der Waals surface area contributed by atoms with Crippen LogP contribution in [0.1, 0.15) is 17.5 Å². The number of hydrogen-bond acceptors (Lipinski definition) is 3. The molecule has 1 aromatic carbocycles. The molecule has 1 fully saturated rings. The molecule has 1 saturated heterocycles. The molecule has 0 amide bonds. The zero-order valence-electron chi connectivity index (χ0n) is 9.73. The van der Waals surface area contributed by atoms with Crippen LogP contribution >= 0.6 is 0 Å². The van der Waals surface area contributed by atoms with Crippen LogP contribution in [-0.4, -0.2) is 26.3 Å². The second-order valence-electron chi connectivity index (χ2n) is 4.18. The third-order valence-electron chi connectivity index (χ3n) is 3.15. The van der Waals surface area contributed by atoms with E-state index in [9.17, 15) is 0 Å². The zero-order valence-corrected chi connectivity index (χ0v) is 9.73. The van der Waals surface area contributed by atoms with E-state index in [4.69, 9.17) is 10.00 Å². The fourth-order valence-electron chi connectivity index (χ4n) is 2.29. The maximum absolute atomic E-state index is 9.12. The molecule has 0 radical (unpaired) electrons. The van der Waals surface area contributed by atoms with Crippen LogP contribution in [0.3, 0.4) is 0 Å². The summed E-state index contributed by atoms with van der Waals surface area (Å²) in [5.74, 6) is 0. The Labute approximate surface area is 96.2 Å². The van der Waals surface area contributed by atoms with Gasteiger partial charge in [-0.1, -0.05) is 12.1 Å². The fraction of sp³-hybridized carbons (Fsp3) is 0.462. The SMILES string of the molecule is COC1CCN(c2c(C)cccc2C#N)C1. The van der Waals surface area contributed by atoms with Crippen LogP contribution in [0, 0.1) is 18.3 Å². The first-order valence-corrected chi connectivity index (χ1v) is 5.53. The molecule has 1 unspecified atom stereocenters. The summed E-state index contributed by atoms with van der Waals surface area (Å²) in [4.78, 5) is 2.25. The van der Waals surface area contributed by atoms with Crippen molar-refractivity contribution in [1.82, 2.24) is 0 Å². The number of para-hydroxylation sites is 1. The summed E-state index contributed by atoms with van der Waals surface area (Å²) in [6.45, 7) is 3.91. The minimum atomic E-state index is 0.297. The lowest BCUT2D eigenvalue weighted by molar-refractivity contribution is 0.121. The maximum Gasteiger partial charge on any atom is 0.101 e. The third kappa shape index (κ3) is 1.89. The van der Waals surface area contributed by atoms with Gasteiger partial charge in [0.25, 0.3) is 0 Å². The van der Waals surface area contributed by atoms with Crippen molar-refractivity contribution in [3.63, 3.8) is 0 Å². The summed E-state index contributed by atoms with van der Waals surface area (Å²) in [5.41, 5.74) is 3.00. The average Bonchev–Trinajstić information content (AvgIpc) is 2.76. The average molecular weight is 216 g/mol. The molecule has 1 atom stereocenters. The Bertz CT molecular complexity index is 422. The van der Waals surface area contributed by atoms with Gasteiger partial charge in [0.05, 0.1) is 17.4 Å². The monoisotopic (exact) mass is 216 g/mol. The van der Waals surface area contributed by atoms with E-state index in [1.165, 1.54) is 0 Å². The van der Waals surface area contributed by atoms with Gasteiger partial charge >= 0.3 is 0 Å². The maximum atomic E-state index is 9.12. The van der Waals surface area contributed by atoms with Gasteiger partial charge in [-0.25, -0.2) is 0 Å². The Kier molecular flexibility index (Phi) is 3.12. The van der Waals surface area contributed by atoms with Crippen LogP contribution in [0.4, 0.5) is 5.69 Å². The van der Waals surface area contributed by atoms with Crippen molar-refractivity contribution in [3.05, 3.63) is 29.3 Å². The Hall–Kier alpha value is -1.53. The molecule has 1 aliphatic heterocycles. The van der Waals surface area contributed by atoms with E-state index < -0.39 is 0 Å². The summed E-state index contributed by atoms with van der Waals surface area (Å²) in [6.07, 6.45) is 1.33. The van der Waals surface area contributed by atoms with Gasteiger partial charge < -0.3 is 9.64 Å². The highest BCUT2D eigenvalue weighted by Gasteiger charge is 2.24.